The molecular formula is C17H13FN2O4S. The second-order valence-corrected chi connectivity index (χ2v) is 5.77. The van der Waals surface area contributed by atoms with Gasteiger partial charge >= 0.3 is 5.97 Å². The van der Waals surface area contributed by atoms with Gasteiger partial charge in [0.1, 0.15) is 5.82 Å². The fourth-order valence-electron chi connectivity index (χ4n) is 2.12. The van der Waals surface area contributed by atoms with Gasteiger partial charge in [-0.25, -0.2) is 9.18 Å². The first-order valence-corrected chi connectivity index (χ1v) is 7.98. The monoisotopic (exact) mass is 360 g/mol. The van der Waals surface area contributed by atoms with Crippen LogP contribution in [0.15, 0.2) is 42.5 Å². The number of aromatic carboxylic acids is 1. The van der Waals surface area contributed by atoms with E-state index in [1.165, 1.54) is 37.4 Å². The van der Waals surface area contributed by atoms with E-state index in [4.69, 9.17) is 14.6 Å². The standard InChI is InChI=1S/C17H13FN2O4S/c1-23-14-9-11(16(21)22)4-7-13(14)24-17-19-15(20-25-17)8-10-2-5-12(18)6-3-10/h2-7,9H,8H2,1H3,(H,21,22). The topological polar surface area (TPSA) is 81.5 Å². The molecule has 0 aliphatic rings. The molecule has 3 aromatic rings. The van der Waals surface area contributed by atoms with E-state index in [-0.39, 0.29) is 17.1 Å². The van der Waals surface area contributed by atoms with Crippen molar-refractivity contribution in [1.82, 2.24) is 9.36 Å². The van der Waals surface area contributed by atoms with Gasteiger partial charge in [-0.1, -0.05) is 12.1 Å². The van der Waals surface area contributed by atoms with E-state index >= 15 is 0 Å². The molecular weight excluding hydrogens is 347 g/mol. The van der Waals surface area contributed by atoms with Crippen LogP contribution in [0, 0.1) is 5.82 Å². The molecule has 25 heavy (non-hydrogen) atoms. The van der Waals surface area contributed by atoms with Crippen LogP contribution in [0.25, 0.3) is 0 Å². The Morgan fingerprint density at radius 1 is 1.20 bits per heavy atom. The van der Waals surface area contributed by atoms with Crippen molar-refractivity contribution in [3.63, 3.8) is 0 Å². The van der Waals surface area contributed by atoms with Crippen molar-refractivity contribution in [3.05, 3.63) is 65.2 Å². The summed E-state index contributed by atoms with van der Waals surface area (Å²) >= 11 is 1.07. The summed E-state index contributed by atoms with van der Waals surface area (Å²) in [6, 6.07) is 10.4. The van der Waals surface area contributed by atoms with Gasteiger partial charge in [-0.2, -0.15) is 9.36 Å². The van der Waals surface area contributed by atoms with Gasteiger partial charge in [0.15, 0.2) is 17.3 Å². The molecule has 1 N–H and O–H groups in total. The number of nitrogens with zero attached hydrogens (tertiary/aromatic N) is 2. The summed E-state index contributed by atoms with van der Waals surface area (Å²) in [4.78, 5) is 15.3. The first-order valence-electron chi connectivity index (χ1n) is 7.21. The molecule has 0 spiro atoms. The molecule has 1 heterocycles. The maximum Gasteiger partial charge on any atom is 0.335 e. The van der Waals surface area contributed by atoms with Gasteiger partial charge in [-0.15, -0.1) is 0 Å². The van der Waals surface area contributed by atoms with Crippen LogP contribution in [-0.4, -0.2) is 27.5 Å². The highest BCUT2D eigenvalue weighted by Crippen LogP contribution is 2.33. The molecule has 0 amide bonds. The Bertz CT molecular complexity index is 896. The zero-order valence-corrected chi connectivity index (χ0v) is 13.9. The van der Waals surface area contributed by atoms with Crippen molar-refractivity contribution in [2.75, 3.05) is 7.11 Å². The molecule has 3 rings (SSSR count). The lowest BCUT2D eigenvalue weighted by molar-refractivity contribution is 0.0696. The predicted octanol–water partition coefficient (Wildman–Crippen LogP) is 3.77. The molecule has 0 aliphatic heterocycles. The number of aromatic nitrogens is 2. The number of methoxy groups -OCH3 is 1. The van der Waals surface area contributed by atoms with Crippen molar-refractivity contribution < 1.29 is 23.8 Å². The van der Waals surface area contributed by atoms with Crippen LogP contribution in [0.5, 0.6) is 16.7 Å². The fraction of sp³-hybridized carbons (Fsp3) is 0.118. The van der Waals surface area contributed by atoms with E-state index < -0.39 is 5.97 Å². The SMILES string of the molecule is COc1cc(C(=O)O)ccc1Oc1nc(Cc2ccc(F)cc2)ns1. The Hall–Kier alpha value is -3.00. The Morgan fingerprint density at radius 3 is 2.64 bits per heavy atom. The molecule has 0 saturated carbocycles. The highest BCUT2D eigenvalue weighted by molar-refractivity contribution is 7.07. The Balaban J connectivity index is 1.75. The lowest BCUT2D eigenvalue weighted by Gasteiger charge is -2.08. The highest BCUT2D eigenvalue weighted by atomic mass is 32.1. The van der Waals surface area contributed by atoms with Crippen LogP contribution in [-0.2, 0) is 6.42 Å². The number of ether oxygens (including phenoxy) is 2. The van der Waals surface area contributed by atoms with Gasteiger partial charge in [0.25, 0.3) is 5.19 Å². The number of benzene rings is 2. The second kappa shape index (κ2) is 7.27. The van der Waals surface area contributed by atoms with Crippen LogP contribution >= 0.6 is 11.5 Å². The molecule has 6 nitrogen and oxygen atoms in total. The average molecular weight is 360 g/mol. The van der Waals surface area contributed by atoms with E-state index in [0.717, 1.165) is 17.1 Å². The van der Waals surface area contributed by atoms with E-state index in [0.29, 0.717) is 23.2 Å². The van der Waals surface area contributed by atoms with E-state index in [1.54, 1.807) is 12.1 Å². The second-order valence-electron chi connectivity index (χ2n) is 5.05. The Morgan fingerprint density at radius 2 is 1.96 bits per heavy atom. The Kier molecular flexibility index (Phi) is 4.90. The highest BCUT2D eigenvalue weighted by Gasteiger charge is 2.13. The molecule has 128 valence electrons. The molecule has 0 aliphatic carbocycles. The van der Waals surface area contributed by atoms with Crippen molar-refractivity contribution in [3.8, 4) is 16.7 Å². The van der Waals surface area contributed by atoms with Crippen LogP contribution in [0.3, 0.4) is 0 Å². The first-order chi connectivity index (χ1) is 12.0. The number of carboxylic acid groups (broad SMARTS) is 1. The quantitative estimate of drug-likeness (QED) is 0.721. The summed E-state index contributed by atoms with van der Waals surface area (Å²) in [5, 5.41) is 9.31. The van der Waals surface area contributed by atoms with Gasteiger partial charge in [-0.05, 0) is 35.9 Å². The lowest BCUT2D eigenvalue weighted by Crippen LogP contribution is -1.98. The van der Waals surface area contributed by atoms with Gasteiger partial charge in [0.2, 0.25) is 0 Å². The number of halogens is 1. The molecule has 0 fully saturated rings. The van der Waals surface area contributed by atoms with Crippen molar-refractivity contribution in [2.45, 2.75) is 6.42 Å². The van der Waals surface area contributed by atoms with Gasteiger partial charge in [0, 0.05) is 18.0 Å². The van der Waals surface area contributed by atoms with Gasteiger partial charge < -0.3 is 14.6 Å². The minimum absolute atomic E-state index is 0.0958. The first kappa shape index (κ1) is 16.8. The average Bonchev–Trinajstić information content (AvgIpc) is 3.04. The molecule has 2 aromatic carbocycles. The zero-order valence-electron chi connectivity index (χ0n) is 13.1. The number of hydrogen-bond donors (Lipinski definition) is 1. The minimum atomic E-state index is -1.05. The maximum absolute atomic E-state index is 12.9. The van der Waals surface area contributed by atoms with E-state index in [2.05, 4.69) is 9.36 Å². The summed E-state index contributed by atoms with van der Waals surface area (Å²) in [6.07, 6.45) is 0.454. The number of carboxylic acids is 1. The third-order valence-electron chi connectivity index (χ3n) is 3.33. The van der Waals surface area contributed by atoms with Gasteiger partial charge in [-0.3, -0.25) is 0 Å². The summed E-state index contributed by atoms with van der Waals surface area (Å²) in [5.41, 5.74) is 0.979. The van der Waals surface area contributed by atoms with Crippen LogP contribution in [0.1, 0.15) is 21.7 Å². The Labute approximate surface area is 146 Å². The zero-order chi connectivity index (χ0) is 17.8. The maximum atomic E-state index is 12.9. The molecule has 0 unspecified atom stereocenters. The van der Waals surface area contributed by atoms with Gasteiger partial charge in [0.05, 0.1) is 12.7 Å². The molecule has 0 bridgehead atoms. The fourth-order valence-corrected chi connectivity index (χ4v) is 2.68. The van der Waals surface area contributed by atoms with Crippen molar-refractivity contribution in [1.29, 1.82) is 0 Å². The van der Waals surface area contributed by atoms with Crippen LogP contribution in [0.2, 0.25) is 0 Å². The number of hydrogen-bond acceptors (Lipinski definition) is 6. The van der Waals surface area contributed by atoms with Crippen molar-refractivity contribution in [2.24, 2.45) is 0 Å². The summed E-state index contributed by atoms with van der Waals surface area (Å²) in [5.74, 6) is -0.168. The molecule has 1 aromatic heterocycles. The van der Waals surface area contributed by atoms with Crippen LogP contribution in [0.4, 0.5) is 4.39 Å². The smallest absolute Gasteiger partial charge is 0.335 e. The normalized spacial score (nSPS) is 10.5. The van der Waals surface area contributed by atoms with Crippen LogP contribution < -0.4 is 9.47 Å². The minimum Gasteiger partial charge on any atom is -0.493 e. The van der Waals surface area contributed by atoms with Crippen molar-refractivity contribution >= 4 is 17.5 Å². The third-order valence-corrected chi connectivity index (χ3v) is 3.97. The number of rotatable bonds is 6. The molecule has 0 radical (unpaired) electrons. The summed E-state index contributed by atoms with van der Waals surface area (Å²) in [7, 11) is 1.42. The largest absolute Gasteiger partial charge is 0.493 e. The molecule has 0 saturated heterocycles. The molecule has 8 heteroatoms. The summed E-state index contributed by atoms with van der Waals surface area (Å²) in [6.45, 7) is 0. The summed E-state index contributed by atoms with van der Waals surface area (Å²) < 4.78 is 27.9. The van der Waals surface area contributed by atoms with E-state index in [1.807, 2.05) is 0 Å². The van der Waals surface area contributed by atoms with E-state index in [9.17, 15) is 9.18 Å². The lowest BCUT2D eigenvalue weighted by atomic mass is 10.1. The third kappa shape index (κ3) is 4.10. The molecule has 0 atom stereocenters. The number of carbonyl (C=O) groups is 1. The predicted molar refractivity (Wildman–Crippen MR) is 89.1 cm³/mol.